The van der Waals surface area contributed by atoms with E-state index in [1.807, 2.05) is 0 Å². The minimum atomic E-state index is -0.356. The first-order valence-corrected chi connectivity index (χ1v) is 3.06. The molecule has 3 nitrogen and oxygen atoms in total. The van der Waals surface area contributed by atoms with Crippen molar-refractivity contribution in [2.45, 2.75) is 13.8 Å². The van der Waals surface area contributed by atoms with Crippen LogP contribution in [-0.2, 0) is 9.53 Å². The number of carbonyl (C=O) groups is 1. The van der Waals surface area contributed by atoms with E-state index in [-0.39, 0.29) is 5.97 Å². The van der Waals surface area contributed by atoms with Crippen LogP contribution in [0.1, 0.15) is 13.8 Å². The van der Waals surface area contributed by atoms with E-state index in [4.69, 9.17) is 5.41 Å². The Morgan fingerprint density at radius 1 is 1.70 bits per heavy atom. The van der Waals surface area contributed by atoms with Gasteiger partial charge in [0, 0.05) is 11.8 Å². The number of allylic oxidation sites excluding steroid dienone is 1. The second-order valence-electron chi connectivity index (χ2n) is 1.74. The second kappa shape index (κ2) is 4.73. The highest BCUT2D eigenvalue weighted by atomic mass is 16.5. The molecule has 0 fully saturated rings. The number of esters is 1. The summed E-state index contributed by atoms with van der Waals surface area (Å²) in [5.41, 5.74) is 0.455. The molecule has 0 aromatic carbocycles. The summed E-state index contributed by atoms with van der Waals surface area (Å²) in [7, 11) is 0. The van der Waals surface area contributed by atoms with Gasteiger partial charge in [-0.15, -0.1) is 0 Å². The van der Waals surface area contributed by atoms with Crippen LogP contribution in [0.25, 0.3) is 0 Å². The van der Waals surface area contributed by atoms with E-state index in [0.717, 1.165) is 6.21 Å². The van der Waals surface area contributed by atoms with Crippen molar-refractivity contribution in [3.8, 4) is 0 Å². The number of carbonyl (C=O) groups excluding carboxylic acids is 1. The molecule has 0 unspecified atom stereocenters. The van der Waals surface area contributed by atoms with Crippen LogP contribution >= 0.6 is 0 Å². The van der Waals surface area contributed by atoms with Crippen LogP contribution in [-0.4, -0.2) is 18.8 Å². The Hall–Kier alpha value is -1.12. The number of hydrogen-bond acceptors (Lipinski definition) is 3. The predicted octanol–water partition coefficient (Wildman–Crippen LogP) is 1.15. The van der Waals surface area contributed by atoms with Crippen LogP contribution < -0.4 is 0 Å². The highest BCUT2D eigenvalue weighted by Crippen LogP contribution is 1.93. The van der Waals surface area contributed by atoms with Gasteiger partial charge in [0.2, 0.25) is 0 Å². The standard InChI is InChI=1S/C7H11NO2/c1-3-10-7(9)6(2)4-5-8/h4-5,8H,3H2,1-2H3/b6-4+,8-5?. The van der Waals surface area contributed by atoms with E-state index in [2.05, 4.69) is 4.74 Å². The average Bonchev–Trinajstić information content (AvgIpc) is 1.89. The van der Waals surface area contributed by atoms with Crippen molar-refractivity contribution in [2.75, 3.05) is 6.61 Å². The van der Waals surface area contributed by atoms with Gasteiger partial charge in [0.25, 0.3) is 0 Å². The molecule has 0 spiro atoms. The molecule has 0 aromatic heterocycles. The topological polar surface area (TPSA) is 50.2 Å². The zero-order valence-corrected chi connectivity index (χ0v) is 6.18. The normalized spacial score (nSPS) is 10.8. The van der Waals surface area contributed by atoms with Crippen molar-refractivity contribution in [2.24, 2.45) is 0 Å². The highest BCUT2D eigenvalue weighted by Gasteiger charge is 2.01. The summed E-state index contributed by atoms with van der Waals surface area (Å²) in [6, 6.07) is 0. The van der Waals surface area contributed by atoms with Crippen LogP contribution in [0.5, 0.6) is 0 Å². The summed E-state index contributed by atoms with van der Waals surface area (Å²) in [6.07, 6.45) is 2.46. The van der Waals surface area contributed by atoms with Crippen molar-refractivity contribution in [1.82, 2.24) is 0 Å². The molecular formula is C7H11NO2. The molecule has 0 aliphatic rings. The monoisotopic (exact) mass is 141 g/mol. The summed E-state index contributed by atoms with van der Waals surface area (Å²) in [5, 5.41) is 6.65. The summed E-state index contributed by atoms with van der Waals surface area (Å²) in [4.78, 5) is 10.7. The summed E-state index contributed by atoms with van der Waals surface area (Å²) in [6.45, 7) is 3.74. The van der Waals surface area contributed by atoms with Gasteiger partial charge in [0.1, 0.15) is 0 Å². The van der Waals surface area contributed by atoms with Crippen LogP contribution in [0.2, 0.25) is 0 Å². The Bertz CT molecular complexity index is 161. The fourth-order valence-corrected chi connectivity index (χ4v) is 0.438. The maximum atomic E-state index is 10.7. The third kappa shape index (κ3) is 3.02. The van der Waals surface area contributed by atoms with Gasteiger partial charge in [-0.05, 0) is 19.9 Å². The van der Waals surface area contributed by atoms with Crippen LogP contribution in [0.4, 0.5) is 0 Å². The van der Waals surface area contributed by atoms with Gasteiger partial charge in [-0.3, -0.25) is 0 Å². The largest absolute Gasteiger partial charge is 0.463 e. The van der Waals surface area contributed by atoms with Gasteiger partial charge in [-0.1, -0.05) is 0 Å². The molecule has 56 valence electrons. The Labute approximate surface area is 60.2 Å². The lowest BCUT2D eigenvalue weighted by molar-refractivity contribution is -0.138. The quantitative estimate of drug-likeness (QED) is 0.364. The molecule has 0 bridgehead atoms. The zero-order valence-electron chi connectivity index (χ0n) is 6.18. The molecule has 0 saturated heterocycles. The minimum absolute atomic E-state index is 0.356. The molecule has 0 aliphatic carbocycles. The molecular weight excluding hydrogens is 130 g/mol. The lowest BCUT2D eigenvalue weighted by atomic mass is 10.3. The third-order valence-corrected chi connectivity index (χ3v) is 0.931. The zero-order chi connectivity index (χ0) is 7.98. The molecule has 3 heteroatoms. The van der Waals surface area contributed by atoms with Crippen molar-refractivity contribution in [3.63, 3.8) is 0 Å². The first kappa shape index (κ1) is 8.88. The van der Waals surface area contributed by atoms with Gasteiger partial charge in [-0.2, -0.15) is 0 Å². The number of ether oxygens (including phenoxy) is 1. The van der Waals surface area contributed by atoms with Gasteiger partial charge >= 0.3 is 5.97 Å². The molecule has 0 aliphatic heterocycles. The van der Waals surface area contributed by atoms with E-state index >= 15 is 0 Å². The number of nitrogens with one attached hydrogen (secondary N) is 1. The van der Waals surface area contributed by atoms with Crippen molar-refractivity contribution in [3.05, 3.63) is 11.6 Å². The van der Waals surface area contributed by atoms with Crippen LogP contribution in [0.15, 0.2) is 11.6 Å². The molecule has 0 amide bonds. The molecule has 0 atom stereocenters. The van der Waals surface area contributed by atoms with E-state index < -0.39 is 0 Å². The van der Waals surface area contributed by atoms with E-state index in [1.165, 1.54) is 6.08 Å². The average molecular weight is 141 g/mol. The SMILES string of the molecule is CCOC(=O)/C(C)=C/C=N. The fraction of sp³-hybridized carbons (Fsp3) is 0.429. The van der Waals surface area contributed by atoms with Gasteiger partial charge in [0.15, 0.2) is 0 Å². The van der Waals surface area contributed by atoms with E-state index in [0.29, 0.717) is 12.2 Å². The lowest BCUT2D eigenvalue weighted by Gasteiger charge is -1.98. The van der Waals surface area contributed by atoms with Crippen LogP contribution in [0.3, 0.4) is 0 Å². The molecule has 0 rings (SSSR count). The van der Waals surface area contributed by atoms with Crippen LogP contribution in [0, 0.1) is 5.41 Å². The van der Waals surface area contributed by atoms with Crippen molar-refractivity contribution >= 4 is 12.2 Å². The molecule has 0 aromatic rings. The first-order valence-electron chi connectivity index (χ1n) is 3.06. The maximum absolute atomic E-state index is 10.7. The van der Waals surface area contributed by atoms with Gasteiger partial charge in [0.05, 0.1) is 6.61 Å². The molecule has 0 saturated carbocycles. The third-order valence-electron chi connectivity index (χ3n) is 0.931. The number of hydrogen-bond donors (Lipinski definition) is 1. The van der Waals surface area contributed by atoms with E-state index in [1.54, 1.807) is 13.8 Å². The Balaban J connectivity index is 3.93. The molecule has 0 radical (unpaired) electrons. The summed E-state index contributed by atoms with van der Waals surface area (Å²) in [5.74, 6) is -0.356. The Morgan fingerprint density at radius 3 is 2.70 bits per heavy atom. The summed E-state index contributed by atoms with van der Waals surface area (Å²) < 4.78 is 4.65. The Kier molecular flexibility index (Phi) is 4.20. The Morgan fingerprint density at radius 2 is 2.30 bits per heavy atom. The van der Waals surface area contributed by atoms with Gasteiger partial charge < -0.3 is 10.1 Å². The lowest BCUT2D eigenvalue weighted by Crippen LogP contribution is -2.04. The van der Waals surface area contributed by atoms with Crippen molar-refractivity contribution in [1.29, 1.82) is 5.41 Å². The van der Waals surface area contributed by atoms with Crippen molar-refractivity contribution < 1.29 is 9.53 Å². The number of rotatable bonds is 3. The second-order valence-corrected chi connectivity index (χ2v) is 1.74. The fourth-order valence-electron chi connectivity index (χ4n) is 0.438. The van der Waals surface area contributed by atoms with E-state index in [9.17, 15) is 4.79 Å². The minimum Gasteiger partial charge on any atom is -0.463 e. The highest BCUT2D eigenvalue weighted by molar-refractivity contribution is 5.92. The molecule has 10 heavy (non-hydrogen) atoms. The maximum Gasteiger partial charge on any atom is 0.333 e. The van der Waals surface area contributed by atoms with Gasteiger partial charge in [-0.25, -0.2) is 4.79 Å². The molecule has 1 N–H and O–H groups in total. The molecule has 0 heterocycles. The summed E-state index contributed by atoms with van der Waals surface area (Å²) >= 11 is 0. The first-order chi connectivity index (χ1) is 4.72. The smallest absolute Gasteiger partial charge is 0.333 e. The predicted molar refractivity (Wildman–Crippen MR) is 39.2 cm³/mol.